The van der Waals surface area contributed by atoms with E-state index in [2.05, 4.69) is 24.3 Å². The lowest BCUT2D eigenvalue weighted by Crippen LogP contribution is -2.48. The minimum absolute atomic E-state index is 0.0875. The van der Waals surface area contributed by atoms with Crippen molar-refractivity contribution in [3.63, 3.8) is 0 Å². The van der Waals surface area contributed by atoms with Crippen molar-refractivity contribution in [2.45, 2.75) is 25.9 Å². The normalized spacial score (nSPS) is 22.3. The van der Waals surface area contributed by atoms with Gasteiger partial charge in [0.15, 0.2) is 0 Å². The second kappa shape index (κ2) is 8.15. The summed E-state index contributed by atoms with van der Waals surface area (Å²) < 4.78 is 10.8. The molecular formula is C17H25NO3. The molecule has 4 heteroatoms. The van der Waals surface area contributed by atoms with Gasteiger partial charge in [0.25, 0.3) is 0 Å². The number of hydrogen-bond donors (Lipinski definition) is 0. The molecule has 0 aromatic heterocycles. The van der Waals surface area contributed by atoms with Gasteiger partial charge in [-0.2, -0.15) is 0 Å². The molecule has 1 fully saturated rings. The van der Waals surface area contributed by atoms with Crippen LogP contribution in [0.15, 0.2) is 30.3 Å². The summed E-state index contributed by atoms with van der Waals surface area (Å²) in [6.45, 7) is 4.18. The monoisotopic (exact) mass is 291 g/mol. The van der Waals surface area contributed by atoms with E-state index in [0.717, 1.165) is 25.9 Å². The van der Waals surface area contributed by atoms with Crippen LogP contribution in [0.2, 0.25) is 0 Å². The van der Waals surface area contributed by atoms with Crippen molar-refractivity contribution in [2.24, 2.45) is 5.92 Å². The number of amides is 1. The summed E-state index contributed by atoms with van der Waals surface area (Å²) in [5, 5.41) is 0. The number of carbonyl (C=O) groups is 1. The Hall–Kier alpha value is -1.39. The molecule has 0 aliphatic carbocycles. The van der Waals surface area contributed by atoms with Crippen LogP contribution in [-0.4, -0.2) is 50.3 Å². The summed E-state index contributed by atoms with van der Waals surface area (Å²) >= 11 is 0. The molecular weight excluding hydrogens is 266 g/mol. The largest absolute Gasteiger partial charge is 0.381 e. The fraction of sp³-hybridized carbons (Fsp3) is 0.588. The molecule has 0 N–H and O–H groups in total. The molecule has 0 radical (unpaired) electrons. The maximum absolute atomic E-state index is 12.1. The third-order valence-electron chi connectivity index (χ3n) is 4.09. The van der Waals surface area contributed by atoms with Gasteiger partial charge in [0.05, 0.1) is 6.10 Å². The minimum atomic E-state index is 0.0875. The van der Waals surface area contributed by atoms with E-state index in [1.807, 2.05) is 17.9 Å². The predicted molar refractivity (Wildman–Crippen MR) is 82.1 cm³/mol. The van der Waals surface area contributed by atoms with E-state index >= 15 is 0 Å². The van der Waals surface area contributed by atoms with Crippen LogP contribution >= 0.6 is 0 Å². The molecule has 0 spiro atoms. The van der Waals surface area contributed by atoms with Gasteiger partial charge in [-0.3, -0.25) is 4.79 Å². The number of methoxy groups -OCH3 is 1. The third-order valence-corrected chi connectivity index (χ3v) is 4.09. The van der Waals surface area contributed by atoms with Crippen molar-refractivity contribution in [1.82, 2.24) is 4.90 Å². The summed E-state index contributed by atoms with van der Waals surface area (Å²) in [7, 11) is 1.76. The molecule has 2 rings (SSSR count). The smallest absolute Gasteiger partial charge is 0.248 e. The van der Waals surface area contributed by atoms with E-state index in [1.54, 1.807) is 7.11 Å². The lowest BCUT2D eigenvalue weighted by atomic mass is 9.88. The van der Waals surface area contributed by atoms with Crippen LogP contribution in [0.5, 0.6) is 0 Å². The number of piperidine rings is 1. The summed E-state index contributed by atoms with van der Waals surface area (Å²) in [4.78, 5) is 14.0. The molecule has 0 bridgehead atoms. The molecule has 1 heterocycles. The Labute approximate surface area is 127 Å². The molecule has 4 nitrogen and oxygen atoms in total. The van der Waals surface area contributed by atoms with Crippen LogP contribution in [-0.2, 0) is 20.7 Å². The molecule has 1 aliphatic rings. The van der Waals surface area contributed by atoms with Crippen LogP contribution in [0.1, 0.15) is 18.9 Å². The van der Waals surface area contributed by atoms with Gasteiger partial charge in [-0.25, -0.2) is 0 Å². The average molecular weight is 291 g/mol. The number of hydrogen-bond acceptors (Lipinski definition) is 3. The zero-order valence-electron chi connectivity index (χ0n) is 13.0. The first kappa shape index (κ1) is 16.0. The molecule has 1 amide bonds. The van der Waals surface area contributed by atoms with Crippen LogP contribution in [0.25, 0.3) is 0 Å². The first-order valence-electron chi connectivity index (χ1n) is 7.66. The zero-order chi connectivity index (χ0) is 15.1. The second-order valence-corrected chi connectivity index (χ2v) is 5.49. The number of rotatable bonds is 6. The Balaban J connectivity index is 1.97. The highest BCUT2D eigenvalue weighted by atomic mass is 16.5. The standard InChI is InChI=1S/C17H25NO3/c1-3-21-13-17(19)18-10-9-16(20-2)15(12-18)11-14-7-5-4-6-8-14/h4-8,15-16H,3,9-13H2,1-2H3/t15-,16+/m0/s1. The molecule has 1 aromatic carbocycles. The Bertz CT molecular complexity index is 435. The van der Waals surface area contributed by atoms with Gasteiger partial charge in [-0.05, 0) is 25.3 Å². The number of carbonyl (C=O) groups excluding carboxylic acids is 1. The maximum Gasteiger partial charge on any atom is 0.248 e. The number of ether oxygens (including phenoxy) is 2. The van der Waals surface area contributed by atoms with Crippen LogP contribution < -0.4 is 0 Å². The Morgan fingerprint density at radius 1 is 1.33 bits per heavy atom. The number of benzene rings is 1. The van der Waals surface area contributed by atoms with Gasteiger partial charge >= 0.3 is 0 Å². The van der Waals surface area contributed by atoms with E-state index in [-0.39, 0.29) is 18.6 Å². The van der Waals surface area contributed by atoms with Gasteiger partial charge in [0.2, 0.25) is 5.91 Å². The molecule has 1 aromatic rings. The number of nitrogens with zero attached hydrogens (tertiary/aromatic N) is 1. The summed E-state index contributed by atoms with van der Waals surface area (Å²) in [5.74, 6) is 0.432. The molecule has 0 unspecified atom stereocenters. The van der Waals surface area contributed by atoms with Gasteiger partial charge in [0.1, 0.15) is 6.61 Å². The van der Waals surface area contributed by atoms with Crippen LogP contribution in [0.4, 0.5) is 0 Å². The van der Waals surface area contributed by atoms with Crippen LogP contribution in [0, 0.1) is 5.92 Å². The molecule has 21 heavy (non-hydrogen) atoms. The Morgan fingerprint density at radius 3 is 2.76 bits per heavy atom. The number of likely N-dealkylation sites (tertiary alicyclic amines) is 1. The van der Waals surface area contributed by atoms with Crippen molar-refractivity contribution < 1.29 is 14.3 Å². The van der Waals surface area contributed by atoms with Gasteiger partial charge < -0.3 is 14.4 Å². The molecule has 0 saturated carbocycles. The molecule has 116 valence electrons. The fourth-order valence-electron chi connectivity index (χ4n) is 2.94. The summed E-state index contributed by atoms with van der Waals surface area (Å²) in [6.07, 6.45) is 2.06. The van der Waals surface area contributed by atoms with Crippen molar-refractivity contribution in [1.29, 1.82) is 0 Å². The second-order valence-electron chi connectivity index (χ2n) is 5.49. The van der Waals surface area contributed by atoms with E-state index in [4.69, 9.17) is 9.47 Å². The van der Waals surface area contributed by atoms with Crippen molar-refractivity contribution >= 4 is 5.91 Å². The maximum atomic E-state index is 12.1. The topological polar surface area (TPSA) is 38.8 Å². The zero-order valence-corrected chi connectivity index (χ0v) is 13.0. The molecule has 1 aliphatic heterocycles. The Morgan fingerprint density at radius 2 is 2.10 bits per heavy atom. The van der Waals surface area contributed by atoms with E-state index < -0.39 is 0 Å². The SMILES string of the molecule is CCOCC(=O)N1CC[C@@H](OC)[C@@H](Cc2ccccc2)C1. The lowest BCUT2D eigenvalue weighted by Gasteiger charge is -2.38. The molecule has 1 saturated heterocycles. The highest BCUT2D eigenvalue weighted by Gasteiger charge is 2.31. The van der Waals surface area contributed by atoms with E-state index in [0.29, 0.717) is 12.5 Å². The minimum Gasteiger partial charge on any atom is -0.381 e. The highest BCUT2D eigenvalue weighted by Crippen LogP contribution is 2.23. The first-order valence-corrected chi connectivity index (χ1v) is 7.66. The van der Waals surface area contributed by atoms with Gasteiger partial charge in [-0.1, -0.05) is 30.3 Å². The van der Waals surface area contributed by atoms with Gasteiger partial charge in [-0.15, -0.1) is 0 Å². The highest BCUT2D eigenvalue weighted by molar-refractivity contribution is 5.77. The van der Waals surface area contributed by atoms with Gasteiger partial charge in [0, 0.05) is 32.7 Å². The summed E-state index contributed by atoms with van der Waals surface area (Å²) in [6, 6.07) is 10.4. The van der Waals surface area contributed by atoms with Crippen molar-refractivity contribution in [2.75, 3.05) is 33.4 Å². The average Bonchev–Trinajstić information content (AvgIpc) is 2.53. The lowest BCUT2D eigenvalue weighted by molar-refractivity contribution is -0.140. The first-order chi connectivity index (χ1) is 10.2. The van der Waals surface area contributed by atoms with Crippen molar-refractivity contribution in [3.05, 3.63) is 35.9 Å². The third kappa shape index (κ3) is 4.55. The fourth-order valence-corrected chi connectivity index (χ4v) is 2.94. The quantitative estimate of drug-likeness (QED) is 0.806. The predicted octanol–water partition coefficient (Wildman–Crippen LogP) is 2.13. The molecule has 2 atom stereocenters. The van der Waals surface area contributed by atoms with Crippen LogP contribution in [0.3, 0.4) is 0 Å². The Kier molecular flexibility index (Phi) is 6.21. The van der Waals surface area contributed by atoms with E-state index in [9.17, 15) is 4.79 Å². The van der Waals surface area contributed by atoms with E-state index in [1.165, 1.54) is 5.56 Å². The van der Waals surface area contributed by atoms with Crippen molar-refractivity contribution in [3.8, 4) is 0 Å². The summed E-state index contributed by atoms with van der Waals surface area (Å²) in [5.41, 5.74) is 1.30.